The summed E-state index contributed by atoms with van der Waals surface area (Å²) < 4.78 is 13.0. The van der Waals surface area contributed by atoms with Crippen molar-refractivity contribution in [3.05, 3.63) is 57.0 Å². The van der Waals surface area contributed by atoms with Gasteiger partial charge in [0.15, 0.2) is 0 Å². The molecule has 2 N–H and O–H groups in total. The van der Waals surface area contributed by atoms with Crippen LogP contribution in [-0.2, 0) is 12.8 Å². The lowest BCUT2D eigenvalue weighted by molar-refractivity contribution is 0.580. The van der Waals surface area contributed by atoms with Crippen LogP contribution in [-0.4, -0.2) is 6.04 Å². The normalized spacial score (nSPS) is 12.6. The van der Waals surface area contributed by atoms with Crippen LogP contribution in [0.25, 0.3) is 0 Å². The number of halogens is 2. The molecule has 102 valence electrons. The minimum Gasteiger partial charge on any atom is -0.327 e. The number of thiophene rings is 1. The van der Waals surface area contributed by atoms with Gasteiger partial charge in [-0.05, 0) is 54.8 Å². The van der Waals surface area contributed by atoms with Gasteiger partial charge in [0, 0.05) is 10.9 Å². The molecule has 0 saturated carbocycles. The van der Waals surface area contributed by atoms with Crippen molar-refractivity contribution in [3.8, 4) is 0 Å². The maximum Gasteiger partial charge on any atom is 0.141 e. The van der Waals surface area contributed by atoms with Crippen LogP contribution in [0.2, 0.25) is 5.02 Å². The van der Waals surface area contributed by atoms with Gasteiger partial charge in [0.2, 0.25) is 0 Å². The Bertz CT molecular complexity index is 513. The van der Waals surface area contributed by atoms with Crippen LogP contribution in [0.1, 0.15) is 23.3 Å². The Morgan fingerprint density at radius 1 is 1.32 bits per heavy atom. The van der Waals surface area contributed by atoms with Gasteiger partial charge in [-0.15, -0.1) is 11.3 Å². The summed E-state index contributed by atoms with van der Waals surface area (Å²) in [5, 5.41) is 2.26. The van der Waals surface area contributed by atoms with E-state index in [-0.39, 0.29) is 16.9 Å². The summed E-state index contributed by atoms with van der Waals surface area (Å²) in [6.45, 7) is 0. The molecule has 0 radical (unpaired) electrons. The Morgan fingerprint density at radius 2 is 2.16 bits per heavy atom. The molecular formula is C15H17ClFNS. The molecule has 1 aromatic carbocycles. The predicted octanol–water partition coefficient (Wildman–Crippen LogP) is 4.43. The molecule has 0 aliphatic heterocycles. The Morgan fingerprint density at radius 3 is 2.84 bits per heavy atom. The second-order valence-corrected chi connectivity index (χ2v) is 6.12. The molecule has 2 rings (SSSR count). The lowest BCUT2D eigenvalue weighted by Crippen LogP contribution is -2.22. The SMILES string of the molecule is NC(CCCc1cccs1)Cc1ccc(F)c(Cl)c1. The second-order valence-electron chi connectivity index (χ2n) is 4.68. The molecule has 1 unspecified atom stereocenters. The molecule has 0 aliphatic rings. The van der Waals surface area contributed by atoms with Crippen LogP contribution < -0.4 is 5.73 Å². The molecule has 0 amide bonds. The van der Waals surface area contributed by atoms with Crippen LogP contribution in [0.15, 0.2) is 35.7 Å². The zero-order valence-electron chi connectivity index (χ0n) is 10.6. The Labute approximate surface area is 122 Å². The van der Waals surface area contributed by atoms with E-state index in [2.05, 4.69) is 17.5 Å². The molecule has 2 aromatic rings. The van der Waals surface area contributed by atoms with Crippen molar-refractivity contribution in [2.45, 2.75) is 31.7 Å². The van der Waals surface area contributed by atoms with Gasteiger partial charge in [0.1, 0.15) is 5.82 Å². The highest BCUT2D eigenvalue weighted by atomic mass is 35.5. The van der Waals surface area contributed by atoms with Gasteiger partial charge in [-0.2, -0.15) is 0 Å². The molecule has 1 aromatic heterocycles. The molecule has 1 nitrogen and oxygen atoms in total. The number of hydrogen-bond donors (Lipinski definition) is 1. The molecule has 0 spiro atoms. The highest BCUT2D eigenvalue weighted by molar-refractivity contribution is 7.09. The first-order valence-electron chi connectivity index (χ1n) is 6.37. The monoisotopic (exact) mass is 297 g/mol. The van der Waals surface area contributed by atoms with Crippen LogP contribution in [0.3, 0.4) is 0 Å². The standard InChI is InChI=1S/C15H17ClFNS/c16-14-10-11(6-7-15(14)17)9-12(18)3-1-4-13-5-2-8-19-13/h2,5-8,10,12H,1,3-4,9,18H2. The highest BCUT2D eigenvalue weighted by Crippen LogP contribution is 2.18. The molecular weight excluding hydrogens is 281 g/mol. The van der Waals surface area contributed by atoms with E-state index in [0.29, 0.717) is 0 Å². The Balaban J connectivity index is 1.77. The highest BCUT2D eigenvalue weighted by Gasteiger charge is 2.07. The first-order valence-corrected chi connectivity index (χ1v) is 7.63. The first-order chi connectivity index (χ1) is 9.15. The summed E-state index contributed by atoms with van der Waals surface area (Å²) in [6, 6.07) is 9.13. The molecule has 1 atom stereocenters. The van der Waals surface area contributed by atoms with Crippen molar-refractivity contribution < 1.29 is 4.39 Å². The molecule has 4 heteroatoms. The van der Waals surface area contributed by atoms with Crippen molar-refractivity contribution in [2.75, 3.05) is 0 Å². The predicted molar refractivity (Wildman–Crippen MR) is 80.3 cm³/mol. The maximum atomic E-state index is 13.0. The van der Waals surface area contributed by atoms with Crippen molar-refractivity contribution in [1.82, 2.24) is 0 Å². The molecule has 19 heavy (non-hydrogen) atoms. The lowest BCUT2D eigenvalue weighted by atomic mass is 10.0. The zero-order valence-corrected chi connectivity index (χ0v) is 12.2. The smallest absolute Gasteiger partial charge is 0.141 e. The van der Waals surface area contributed by atoms with E-state index in [1.807, 2.05) is 0 Å². The Kier molecular flexibility index (Phi) is 5.37. The van der Waals surface area contributed by atoms with Crippen LogP contribution >= 0.6 is 22.9 Å². The average Bonchev–Trinajstić information content (AvgIpc) is 2.87. The fourth-order valence-corrected chi connectivity index (χ4v) is 3.02. The molecule has 0 bridgehead atoms. The maximum absolute atomic E-state index is 13.0. The summed E-state index contributed by atoms with van der Waals surface area (Å²) >= 11 is 7.54. The van der Waals surface area contributed by atoms with Gasteiger partial charge < -0.3 is 5.73 Å². The zero-order chi connectivity index (χ0) is 13.7. The largest absolute Gasteiger partial charge is 0.327 e. The van der Waals surface area contributed by atoms with Crippen molar-refractivity contribution in [1.29, 1.82) is 0 Å². The number of benzene rings is 1. The summed E-state index contributed by atoms with van der Waals surface area (Å²) in [5.74, 6) is -0.378. The number of nitrogens with two attached hydrogens (primary N) is 1. The minimum absolute atomic E-state index is 0.0986. The third-order valence-electron chi connectivity index (χ3n) is 3.06. The first kappa shape index (κ1) is 14.5. The fraction of sp³-hybridized carbons (Fsp3) is 0.333. The van der Waals surface area contributed by atoms with Gasteiger partial charge >= 0.3 is 0 Å². The Hall–Kier alpha value is -0.900. The molecule has 0 aliphatic carbocycles. The van der Waals surface area contributed by atoms with Gasteiger partial charge in [0.25, 0.3) is 0 Å². The number of rotatable bonds is 6. The van der Waals surface area contributed by atoms with Crippen molar-refractivity contribution in [2.24, 2.45) is 5.73 Å². The van der Waals surface area contributed by atoms with Gasteiger partial charge in [-0.3, -0.25) is 0 Å². The summed E-state index contributed by atoms with van der Waals surface area (Å²) in [4.78, 5) is 1.40. The lowest BCUT2D eigenvalue weighted by Gasteiger charge is -2.11. The van der Waals surface area contributed by atoms with Gasteiger partial charge in [-0.1, -0.05) is 23.7 Å². The quantitative estimate of drug-likeness (QED) is 0.838. The van der Waals surface area contributed by atoms with Crippen LogP contribution in [0.4, 0.5) is 4.39 Å². The molecule has 0 fully saturated rings. The van der Waals surface area contributed by atoms with E-state index in [4.69, 9.17) is 17.3 Å². The molecule has 1 heterocycles. The summed E-state index contributed by atoms with van der Waals surface area (Å²) in [5.41, 5.74) is 7.10. The van der Waals surface area contributed by atoms with E-state index in [9.17, 15) is 4.39 Å². The van der Waals surface area contributed by atoms with Crippen molar-refractivity contribution in [3.63, 3.8) is 0 Å². The number of hydrogen-bond acceptors (Lipinski definition) is 2. The minimum atomic E-state index is -0.378. The third kappa shape index (κ3) is 4.60. The van der Waals surface area contributed by atoms with E-state index < -0.39 is 0 Å². The summed E-state index contributed by atoms with van der Waals surface area (Å²) in [6.07, 6.45) is 3.86. The summed E-state index contributed by atoms with van der Waals surface area (Å²) in [7, 11) is 0. The topological polar surface area (TPSA) is 26.0 Å². The second kappa shape index (κ2) is 7.04. The average molecular weight is 298 g/mol. The van der Waals surface area contributed by atoms with Gasteiger partial charge in [0.05, 0.1) is 5.02 Å². The molecule has 0 saturated heterocycles. The van der Waals surface area contributed by atoms with Crippen LogP contribution in [0, 0.1) is 5.82 Å². The van der Waals surface area contributed by atoms with Gasteiger partial charge in [-0.25, -0.2) is 4.39 Å². The van der Waals surface area contributed by atoms with E-state index in [1.165, 1.54) is 10.9 Å². The third-order valence-corrected chi connectivity index (χ3v) is 4.29. The number of aryl methyl sites for hydroxylation is 1. The van der Waals surface area contributed by atoms with E-state index in [0.717, 1.165) is 31.2 Å². The van der Waals surface area contributed by atoms with Crippen molar-refractivity contribution >= 4 is 22.9 Å². The van der Waals surface area contributed by atoms with E-state index >= 15 is 0 Å². The fourth-order valence-electron chi connectivity index (χ4n) is 2.06. The van der Waals surface area contributed by atoms with Crippen LogP contribution in [0.5, 0.6) is 0 Å². The van der Waals surface area contributed by atoms with E-state index in [1.54, 1.807) is 23.5 Å².